The topological polar surface area (TPSA) is 89.7 Å². The molecule has 0 saturated heterocycles. The highest BCUT2D eigenvalue weighted by Gasteiger charge is 2.18. The van der Waals surface area contributed by atoms with Crippen molar-refractivity contribution in [1.29, 1.82) is 0 Å². The number of rotatable bonds is 5. The normalized spacial score (nSPS) is 10.9. The molecule has 0 bridgehead atoms. The standard InChI is InChI=1S/C22H16ClN7O/c23-15-11-13-18(14-12-15)29-20-19(26-28-29)21(31)30(27-17-9-5-2-6-10-17)22(25-20)24-16-7-3-1-4-8-16/h1-14,27H,(H,24,25). The van der Waals surface area contributed by atoms with Gasteiger partial charge in [-0.25, -0.2) is 0 Å². The molecular formula is C22H16ClN7O. The van der Waals surface area contributed by atoms with Gasteiger partial charge in [-0.1, -0.05) is 53.2 Å². The molecule has 5 aromatic rings. The maximum Gasteiger partial charge on any atom is 0.304 e. The van der Waals surface area contributed by atoms with Crippen LogP contribution >= 0.6 is 11.6 Å². The molecule has 3 aromatic carbocycles. The van der Waals surface area contributed by atoms with E-state index in [4.69, 9.17) is 11.6 Å². The molecule has 2 aromatic heterocycles. The van der Waals surface area contributed by atoms with Crippen molar-refractivity contribution in [3.05, 3.63) is 100 Å². The third-order valence-electron chi connectivity index (χ3n) is 4.59. The van der Waals surface area contributed by atoms with Gasteiger partial charge in [0.1, 0.15) is 0 Å². The number of hydrogen-bond donors (Lipinski definition) is 2. The van der Waals surface area contributed by atoms with Crippen LogP contribution in [-0.2, 0) is 0 Å². The fourth-order valence-electron chi connectivity index (χ4n) is 3.10. The van der Waals surface area contributed by atoms with Crippen molar-refractivity contribution in [2.24, 2.45) is 0 Å². The SMILES string of the molecule is O=c1c2nnn(-c3ccc(Cl)cc3)c2nc(Nc2ccccc2)n1Nc1ccccc1. The fourth-order valence-corrected chi connectivity index (χ4v) is 3.23. The molecule has 8 nitrogen and oxygen atoms in total. The lowest BCUT2D eigenvalue weighted by Gasteiger charge is -2.15. The Hall–Kier alpha value is -4.17. The van der Waals surface area contributed by atoms with Gasteiger partial charge in [0, 0.05) is 10.7 Å². The van der Waals surface area contributed by atoms with Crippen molar-refractivity contribution in [2.45, 2.75) is 0 Å². The number of benzene rings is 3. The predicted octanol–water partition coefficient (Wildman–Crippen LogP) is 4.25. The molecule has 152 valence electrons. The summed E-state index contributed by atoms with van der Waals surface area (Å²) in [7, 11) is 0. The van der Waals surface area contributed by atoms with E-state index in [1.165, 1.54) is 9.36 Å². The Balaban J connectivity index is 1.69. The van der Waals surface area contributed by atoms with Crippen LogP contribution in [0.4, 0.5) is 17.3 Å². The second-order valence-electron chi connectivity index (χ2n) is 6.69. The van der Waals surface area contributed by atoms with Gasteiger partial charge >= 0.3 is 5.56 Å². The van der Waals surface area contributed by atoms with Crippen LogP contribution in [0.25, 0.3) is 16.9 Å². The number of nitrogens with zero attached hydrogens (tertiary/aromatic N) is 5. The number of aromatic nitrogens is 5. The van der Waals surface area contributed by atoms with Gasteiger partial charge in [0.15, 0.2) is 11.2 Å². The molecule has 0 radical (unpaired) electrons. The number of nitrogens with one attached hydrogen (secondary N) is 2. The third kappa shape index (κ3) is 3.72. The van der Waals surface area contributed by atoms with Gasteiger partial charge in [0.05, 0.1) is 11.4 Å². The van der Waals surface area contributed by atoms with Crippen LogP contribution in [0.1, 0.15) is 0 Å². The number of para-hydroxylation sites is 2. The monoisotopic (exact) mass is 429 g/mol. The molecule has 0 spiro atoms. The zero-order valence-corrected chi connectivity index (χ0v) is 16.9. The highest BCUT2D eigenvalue weighted by atomic mass is 35.5. The second-order valence-corrected chi connectivity index (χ2v) is 7.13. The molecule has 0 aliphatic rings. The van der Waals surface area contributed by atoms with Crippen LogP contribution in [-0.4, -0.2) is 24.7 Å². The lowest BCUT2D eigenvalue weighted by molar-refractivity contribution is 0.817. The summed E-state index contributed by atoms with van der Waals surface area (Å²) in [6.45, 7) is 0. The molecule has 0 fully saturated rings. The molecule has 5 rings (SSSR count). The molecule has 0 amide bonds. The summed E-state index contributed by atoms with van der Waals surface area (Å²) < 4.78 is 2.83. The van der Waals surface area contributed by atoms with Crippen molar-refractivity contribution in [3.8, 4) is 5.69 Å². The Kier molecular flexibility index (Phi) is 4.81. The largest absolute Gasteiger partial charge is 0.324 e. The van der Waals surface area contributed by atoms with Gasteiger partial charge in [-0.15, -0.1) is 5.10 Å². The quantitative estimate of drug-likeness (QED) is 0.434. The lowest BCUT2D eigenvalue weighted by atomic mass is 10.3. The average Bonchev–Trinajstić information content (AvgIpc) is 3.22. The van der Waals surface area contributed by atoms with Crippen LogP contribution in [0.3, 0.4) is 0 Å². The van der Waals surface area contributed by atoms with E-state index in [1.54, 1.807) is 24.3 Å². The molecule has 9 heteroatoms. The Labute approximate surface area is 181 Å². The second kappa shape index (κ2) is 7.92. The van der Waals surface area contributed by atoms with E-state index >= 15 is 0 Å². The molecule has 0 aliphatic carbocycles. The summed E-state index contributed by atoms with van der Waals surface area (Å²) in [6.07, 6.45) is 0. The van der Waals surface area contributed by atoms with Gasteiger partial charge in [-0.2, -0.15) is 14.3 Å². The van der Waals surface area contributed by atoms with E-state index in [2.05, 4.69) is 26.0 Å². The lowest BCUT2D eigenvalue weighted by Crippen LogP contribution is -2.30. The van der Waals surface area contributed by atoms with Crippen molar-refractivity contribution in [1.82, 2.24) is 24.7 Å². The third-order valence-corrected chi connectivity index (χ3v) is 4.84. The number of halogens is 1. The van der Waals surface area contributed by atoms with E-state index in [1.807, 2.05) is 60.7 Å². The molecule has 0 unspecified atom stereocenters. The van der Waals surface area contributed by atoms with Crippen molar-refractivity contribution < 1.29 is 0 Å². The molecule has 0 atom stereocenters. The van der Waals surface area contributed by atoms with Crippen molar-refractivity contribution >= 4 is 40.1 Å². The zero-order valence-electron chi connectivity index (χ0n) is 16.1. The van der Waals surface area contributed by atoms with E-state index in [0.717, 1.165) is 11.4 Å². The fraction of sp³-hybridized carbons (Fsp3) is 0. The summed E-state index contributed by atoms with van der Waals surface area (Å²) in [5.41, 5.74) is 5.38. The summed E-state index contributed by atoms with van der Waals surface area (Å²) in [5, 5.41) is 12.0. The molecule has 0 aliphatic heterocycles. The number of anilines is 3. The van der Waals surface area contributed by atoms with Crippen molar-refractivity contribution in [3.63, 3.8) is 0 Å². The predicted molar refractivity (Wildman–Crippen MR) is 121 cm³/mol. The van der Waals surface area contributed by atoms with Crippen LogP contribution in [0.2, 0.25) is 5.02 Å². The molecular weight excluding hydrogens is 414 g/mol. The summed E-state index contributed by atoms with van der Waals surface area (Å²) >= 11 is 6.00. The highest BCUT2D eigenvalue weighted by Crippen LogP contribution is 2.19. The Morgan fingerprint density at radius 1 is 0.806 bits per heavy atom. The molecule has 2 N–H and O–H groups in total. The minimum absolute atomic E-state index is 0.136. The van der Waals surface area contributed by atoms with Crippen LogP contribution in [0.5, 0.6) is 0 Å². The van der Waals surface area contributed by atoms with E-state index in [9.17, 15) is 4.79 Å². The number of fused-ring (bicyclic) bond motifs is 1. The van der Waals surface area contributed by atoms with Gasteiger partial charge < -0.3 is 5.32 Å². The minimum Gasteiger partial charge on any atom is -0.324 e. The first-order valence-corrected chi connectivity index (χ1v) is 9.85. The summed E-state index contributed by atoms with van der Waals surface area (Å²) in [4.78, 5) is 18.0. The van der Waals surface area contributed by atoms with Gasteiger partial charge in [-0.3, -0.25) is 10.2 Å². The Bertz CT molecular complexity index is 1400. The zero-order chi connectivity index (χ0) is 21.2. The minimum atomic E-state index is -0.382. The van der Waals surface area contributed by atoms with Crippen LogP contribution < -0.4 is 16.3 Å². The first-order valence-electron chi connectivity index (χ1n) is 9.47. The Morgan fingerprint density at radius 3 is 2.13 bits per heavy atom. The Morgan fingerprint density at radius 2 is 1.45 bits per heavy atom. The van der Waals surface area contributed by atoms with Gasteiger partial charge in [0.25, 0.3) is 0 Å². The average molecular weight is 430 g/mol. The van der Waals surface area contributed by atoms with Crippen molar-refractivity contribution in [2.75, 3.05) is 10.7 Å². The number of hydrogen-bond acceptors (Lipinski definition) is 6. The maximum absolute atomic E-state index is 13.3. The van der Waals surface area contributed by atoms with E-state index in [-0.39, 0.29) is 11.1 Å². The molecule has 31 heavy (non-hydrogen) atoms. The first kappa shape index (κ1) is 18.8. The molecule has 0 saturated carbocycles. The van der Waals surface area contributed by atoms with Gasteiger partial charge in [0.2, 0.25) is 5.95 Å². The highest BCUT2D eigenvalue weighted by molar-refractivity contribution is 6.30. The summed E-state index contributed by atoms with van der Waals surface area (Å²) in [6, 6.07) is 25.9. The summed E-state index contributed by atoms with van der Waals surface area (Å²) in [5.74, 6) is 0.296. The smallest absolute Gasteiger partial charge is 0.304 e. The van der Waals surface area contributed by atoms with Crippen LogP contribution in [0, 0.1) is 0 Å². The van der Waals surface area contributed by atoms with Gasteiger partial charge in [-0.05, 0) is 48.5 Å². The molecule has 2 heterocycles. The first-order chi connectivity index (χ1) is 15.2. The van der Waals surface area contributed by atoms with Crippen LogP contribution in [0.15, 0.2) is 89.7 Å². The maximum atomic E-state index is 13.3. The van der Waals surface area contributed by atoms with E-state index < -0.39 is 0 Å². The van der Waals surface area contributed by atoms with E-state index in [0.29, 0.717) is 22.3 Å².